The smallest absolute Gasteiger partial charge is 0.244 e. The van der Waals surface area contributed by atoms with Crippen molar-refractivity contribution >= 4 is 27.5 Å². The summed E-state index contributed by atoms with van der Waals surface area (Å²) < 4.78 is 39.8. The van der Waals surface area contributed by atoms with Crippen molar-refractivity contribution in [2.24, 2.45) is 0 Å². The Morgan fingerprint density at radius 2 is 1.70 bits per heavy atom. The van der Waals surface area contributed by atoms with Gasteiger partial charge in [0.15, 0.2) is 0 Å². The minimum absolute atomic E-state index is 0.0408. The van der Waals surface area contributed by atoms with E-state index in [1.807, 2.05) is 13.0 Å². The van der Waals surface area contributed by atoms with Crippen LogP contribution in [-0.2, 0) is 26.2 Å². The molecule has 0 heterocycles. The number of halogens is 1. The number of sulfonamides is 1. The molecule has 2 rings (SSSR count). The van der Waals surface area contributed by atoms with Crippen molar-refractivity contribution in [2.45, 2.75) is 46.7 Å². The molecule has 0 spiro atoms. The fourth-order valence-corrected chi connectivity index (χ4v) is 4.50. The number of anilines is 1. The highest BCUT2D eigenvalue weighted by Gasteiger charge is 2.32. The molecule has 0 fully saturated rings. The Bertz CT molecular complexity index is 1090. The van der Waals surface area contributed by atoms with Crippen LogP contribution >= 0.6 is 0 Å². The molecule has 1 atom stereocenters. The zero-order valence-corrected chi connectivity index (χ0v) is 20.6. The van der Waals surface area contributed by atoms with Crippen molar-refractivity contribution in [3.63, 3.8) is 0 Å². The van der Waals surface area contributed by atoms with Gasteiger partial charge in [-0.05, 0) is 62.1 Å². The van der Waals surface area contributed by atoms with Crippen molar-refractivity contribution in [3.05, 3.63) is 65.0 Å². The molecule has 0 bridgehead atoms. The van der Waals surface area contributed by atoms with Gasteiger partial charge in [-0.15, -0.1) is 0 Å². The summed E-state index contributed by atoms with van der Waals surface area (Å²) in [5.41, 5.74) is 2.69. The molecule has 0 aliphatic rings. The lowest BCUT2D eigenvalue weighted by Gasteiger charge is -2.33. The molecule has 0 saturated carbocycles. The molecule has 0 saturated heterocycles. The van der Waals surface area contributed by atoms with Crippen LogP contribution in [0, 0.1) is 19.7 Å². The number of amides is 2. The number of carbonyl (C=O) groups excluding carboxylic acids is 2. The fraction of sp³-hybridized carbons (Fsp3) is 0.417. The van der Waals surface area contributed by atoms with Crippen LogP contribution in [0.15, 0.2) is 42.5 Å². The van der Waals surface area contributed by atoms with Crippen LogP contribution in [0.25, 0.3) is 0 Å². The average Bonchev–Trinajstić information content (AvgIpc) is 2.75. The van der Waals surface area contributed by atoms with E-state index in [0.717, 1.165) is 21.7 Å². The lowest BCUT2D eigenvalue weighted by molar-refractivity contribution is -0.140. The second-order valence-corrected chi connectivity index (χ2v) is 9.86. The first kappa shape index (κ1) is 26.3. The van der Waals surface area contributed by atoms with E-state index in [9.17, 15) is 22.4 Å². The van der Waals surface area contributed by atoms with Crippen molar-refractivity contribution in [2.75, 3.05) is 23.7 Å². The molecule has 0 aliphatic carbocycles. The van der Waals surface area contributed by atoms with Crippen LogP contribution in [0.5, 0.6) is 0 Å². The average molecular weight is 478 g/mol. The number of carbonyl (C=O) groups is 2. The third-order valence-electron chi connectivity index (χ3n) is 5.53. The summed E-state index contributed by atoms with van der Waals surface area (Å²) in [6.45, 7) is 7.20. The number of nitrogens with zero attached hydrogens (tertiary/aromatic N) is 2. The van der Waals surface area contributed by atoms with Crippen molar-refractivity contribution in [3.8, 4) is 0 Å². The van der Waals surface area contributed by atoms with Gasteiger partial charge in [0.2, 0.25) is 21.8 Å². The van der Waals surface area contributed by atoms with E-state index >= 15 is 0 Å². The molecule has 180 valence electrons. The maximum Gasteiger partial charge on any atom is 0.244 e. The Kier molecular flexibility index (Phi) is 8.99. The van der Waals surface area contributed by atoms with E-state index in [0.29, 0.717) is 24.2 Å². The highest BCUT2D eigenvalue weighted by molar-refractivity contribution is 7.92. The number of benzene rings is 2. The van der Waals surface area contributed by atoms with E-state index in [2.05, 4.69) is 5.32 Å². The summed E-state index contributed by atoms with van der Waals surface area (Å²) in [5, 5.41) is 2.73. The largest absolute Gasteiger partial charge is 0.355 e. The normalized spacial score (nSPS) is 12.2. The molecule has 2 aromatic rings. The number of likely N-dealkylation sites (N-methyl/N-ethyl adjacent to an activating group) is 1. The predicted octanol–water partition coefficient (Wildman–Crippen LogP) is 3.15. The molecular formula is C24H32FN3O4S. The van der Waals surface area contributed by atoms with E-state index in [1.165, 1.54) is 17.0 Å². The minimum atomic E-state index is -3.79. The summed E-state index contributed by atoms with van der Waals surface area (Å²) in [4.78, 5) is 27.6. The Morgan fingerprint density at radius 1 is 1.06 bits per heavy atom. The van der Waals surface area contributed by atoms with Crippen LogP contribution in [-0.4, -0.2) is 50.5 Å². The maximum absolute atomic E-state index is 13.5. The molecule has 1 N–H and O–H groups in total. The zero-order chi connectivity index (χ0) is 24.8. The highest BCUT2D eigenvalue weighted by atomic mass is 32.2. The topological polar surface area (TPSA) is 86.8 Å². The lowest BCUT2D eigenvalue weighted by Crippen LogP contribution is -2.52. The van der Waals surface area contributed by atoms with Gasteiger partial charge in [0.1, 0.15) is 18.4 Å². The lowest BCUT2D eigenvalue weighted by atomic mass is 10.1. The van der Waals surface area contributed by atoms with Gasteiger partial charge in [0.25, 0.3) is 0 Å². The van der Waals surface area contributed by atoms with Crippen LogP contribution in [0.1, 0.15) is 37.0 Å². The van der Waals surface area contributed by atoms with E-state index in [1.54, 1.807) is 45.0 Å². The van der Waals surface area contributed by atoms with Gasteiger partial charge in [-0.3, -0.25) is 13.9 Å². The molecule has 9 heteroatoms. The Hall–Kier alpha value is -2.94. The SMILES string of the molecule is CCNC(=O)[C@@H](CC)N(Cc1ccc(F)cc1)C(=O)CN(c1cccc(C)c1C)S(C)(=O)=O. The van der Waals surface area contributed by atoms with Gasteiger partial charge in [-0.25, -0.2) is 12.8 Å². The molecule has 2 amide bonds. The van der Waals surface area contributed by atoms with Gasteiger partial charge in [0.05, 0.1) is 11.9 Å². The van der Waals surface area contributed by atoms with Crippen LogP contribution in [0.2, 0.25) is 0 Å². The van der Waals surface area contributed by atoms with Gasteiger partial charge >= 0.3 is 0 Å². The molecule has 0 aromatic heterocycles. The first-order valence-electron chi connectivity index (χ1n) is 10.8. The second kappa shape index (κ2) is 11.3. The summed E-state index contributed by atoms with van der Waals surface area (Å²) in [5.74, 6) is -1.26. The van der Waals surface area contributed by atoms with Gasteiger partial charge in [0, 0.05) is 13.1 Å². The quantitative estimate of drug-likeness (QED) is 0.570. The molecule has 33 heavy (non-hydrogen) atoms. The first-order valence-corrected chi connectivity index (χ1v) is 12.7. The van der Waals surface area contributed by atoms with Crippen molar-refractivity contribution in [1.82, 2.24) is 10.2 Å². The third kappa shape index (κ3) is 6.77. The number of aryl methyl sites for hydroxylation is 1. The Labute approximate surface area is 195 Å². The number of rotatable bonds is 10. The molecular weight excluding hydrogens is 445 g/mol. The van der Waals surface area contributed by atoms with Gasteiger partial charge in [-0.2, -0.15) is 0 Å². The van der Waals surface area contributed by atoms with Crippen LogP contribution in [0.3, 0.4) is 0 Å². The minimum Gasteiger partial charge on any atom is -0.355 e. The summed E-state index contributed by atoms with van der Waals surface area (Å²) in [6.07, 6.45) is 1.38. The monoisotopic (exact) mass is 477 g/mol. The standard InChI is InChI=1S/C24H32FN3O4S/c1-6-21(24(30)26-7-2)27(15-19-11-13-20(25)14-12-19)23(29)16-28(33(5,31)32)22-10-8-9-17(3)18(22)4/h8-14,21H,6-7,15-16H2,1-5H3,(H,26,30)/t21-/m1/s1. The third-order valence-corrected chi connectivity index (χ3v) is 6.65. The molecule has 2 aromatic carbocycles. The van der Waals surface area contributed by atoms with E-state index in [4.69, 9.17) is 0 Å². The van der Waals surface area contributed by atoms with Gasteiger partial charge in [-0.1, -0.05) is 31.2 Å². The van der Waals surface area contributed by atoms with Crippen molar-refractivity contribution in [1.29, 1.82) is 0 Å². The predicted molar refractivity (Wildman–Crippen MR) is 128 cm³/mol. The fourth-order valence-electron chi connectivity index (χ4n) is 3.60. The van der Waals surface area contributed by atoms with Crippen molar-refractivity contribution < 1.29 is 22.4 Å². The maximum atomic E-state index is 13.5. The highest BCUT2D eigenvalue weighted by Crippen LogP contribution is 2.25. The van der Waals surface area contributed by atoms with Gasteiger partial charge < -0.3 is 10.2 Å². The number of nitrogens with one attached hydrogen (secondary N) is 1. The first-order chi connectivity index (χ1) is 15.5. The van der Waals surface area contributed by atoms with Crippen LogP contribution < -0.4 is 9.62 Å². The van der Waals surface area contributed by atoms with E-state index in [-0.39, 0.29) is 12.5 Å². The van der Waals surface area contributed by atoms with Crippen LogP contribution in [0.4, 0.5) is 10.1 Å². The summed E-state index contributed by atoms with van der Waals surface area (Å²) >= 11 is 0. The zero-order valence-electron chi connectivity index (χ0n) is 19.8. The van der Waals surface area contributed by atoms with E-state index < -0.39 is 34.3 Å². The summed E-state index contributed by atoms with van der Waals surface area (Å²) in [7, 11) is -3.79. The summed E-state index contributed by atoms with van der Waals surface area (Å²) in [6, 6.07) is 10.1. The number of hydrogen-bond donors (Lipinski definition) is 1. The number of hydrogen-bond acceptors (Lipinski definition) is 4. The molecule has 0 aliphatic heterocycles. The molecule has 7 nitrogen and oxygen atoms in total. The second-order valence-electron chi connectivity index (χ2n) is 7.96. The molecule has 0 unspecified atom stereocenters. The Balaban J connectivity index is 2.47. The molecule has 0 radical (unpaired) electrons. The Morgan fingerprint density at radius 3 is 2.24 bits per heavy atom.